The summed E-state index contributed by atoms with van der Waals surface area (Å²) >= 11 is 0. The van der Waals surface area contributed by atoms with Gasteiger partial charge in [-0.2, -0.15) is 0 Å². The number of hydrogen-bond acceptors (Lipinski definition) is 2. The summed E-state index contributed by atoms with van der Waals surface area (Å²) in [5.41, 5.74) is 8.61. The molecule has 1 fully saturated rings. The predicted molar refractivity (Wildman–Crippen MR) is 106 cm³/mol. The number of aryl methyl sites for hydroxylation is 1. The molecule has 2 aromatic carbocycles. The standard InChI is InChI=1S/C22H27N3O2/c1-17-7-5-11-20(13-17)25(14-18-8-3-2-4-9-18)21(26)16-24-12-6-10-19(15-24)22(23)27/h2-5,7-9,11,13,19H,6,10,12,14-16H2,1H3,(H2,23,27)/p+1/t19-/m0/s1. The first kappa shape index (κ1) is 19.1. The SMILES string of the molecule is Cc1cccc(N(Cc2ccccc2)C(=O)C[NH+]2CCC[C@H](C(N)=O)C2)c1. The smallest absolute Gasteiger partial charge is 0.282 e. The number of benzene rings is 2. The molecule has 0 aliphatic carbocycles. The van der Waals surface area contributed by atoms with Gasteiger partial charge in [-0.3, -0.25) is 9.59 Å². The van der Waals surface area contributed by atoms with Crippen LogP contribution in [0.1, 0.15) is 24.0 Å². The minimum atomic E-state index is -0.250. The van der Waals surface area contributed by atoms with Crippen molar-refractivity contribution in [3.63, 3.8) is 0 Å². The Morgan fingerprint density at radius 1 is 1.15 bits per heavy atom. The molecule has 0 radical (unpaired) electrons. The summed E-state index contributed by atoms with van der Waals surface area (Å²) in [5, 5.41) is 0. The van der Waals surface area contributed by atoms with Crippen molar-refractivity contribution in [2.45, 2.75) is 26.3 Å². The minimum absolute atomic E-state index is 0.0737. The molecule has 0 bridgehead atoms. The van der Waals surface area contributed by atoms with Gasteiger partial charge in [0.05, 0.1) is 25.6 Å². The van der Waals surface area contributed by atoms with E-state index in [1.54, 1.807) is 0 Å². The number of amides is 2. The van der Waals surface area contributed by atoms with E-state index in [4.69, 9.17) is 5.73 Å². The van der Waals surface area contributed by atoms with Crippen molar-refractivity contribution >= 4 is 17.5 Å². The number of piperidine rings is 1. The molecule has 1 unspecified atom stereocenters. The molecular formula is C22H28N3O2+. The van der Waals surface area contributed by atoms with Gasteiger partial charge < -0.3 is 15.5 Å². The van der Waals surface area contributed by atoms with Crippen molar-refractivity contribution in [3.8, 4) is 0 Å². The lowest BCUT2D eigenvalue weighted by molar-refractivity contribution is -0.899. The third-order valence-corrected chi connectivity index (χ3v) is 5.22. The van der Waals surface area contributed by atoms with Crippen LogP contribution in [0.4, 0.5) is 5.69 Å². The number of quaternary nitrogens is 1. The second-order valence-corrected chi connectivity index (χ2v) is 7.43. The molecule has 1 saturated heterocycles. The second kappa shape index (κ2) is 8.82. The Bertz CT molecular complexity index is 791. The average Bonchev–Trinajstić information content (AvgIpc) is 2.67. The largest absolute Gasteiger partial charge is 0.369 e. The van der Waals surface area contributed by atoms with Gasteiger partial charge in [0, 0.05) is 5.69 Å². The molecule has 0 spiro atoms. The molecule has 5 heteroatoms. The van der Waals surface area contributed by atoms with E-state index in [-0.39, 0.29) is 17.7 Å². The van der Waals surface area contributed by atoms with Crippen molar-refractivity contribution < 1.29 is 14.5 Å². The van der Waals surface area contributed by atoms with E-state index < -0.39 is 0 Å². The number of rotatable bonds is 6. The van der Waals surface area contributed by atoms with Gasteiger partial charge in [-0.15, -0.1) is 0 Å². The van der Waals surface area contributed by atoms with E-state index in [2.05, 4.69) is 0 Å². The first-order chi connectivity index (χ1) is 13.0. The Hall–Kier alpha value is -2.66. The monoisotopic (exact) mass is 366 g/mol. The van der Waals surface area contributed by atoms with Crippen molar-refractivity contribution in [1.82, 2.24) is 0 Å². The molecule has 27 heavy (non-hydrogen) atoms. The molecular weight excluding hydrogens is 338 g/mol. The number of carbonyl (C=O) groups is 2. The Kier molecular flexibility index (Phi) is 6.24. The number of hydrogen-bond donors (Lipinski definition) is 2. The summed E-state index contributed by atoms with van der Waals surface area (Å²) in [6.45, 7) is 4.50. The molecule has 1 heterocycles. The number of primary amides is 1. The normalized spacial score (nSPS) is 19.4. The van der Waals surface area contributed by atoms with Crippen LogP contribution in [0.3, 0.4) is 0 Å². The van der Waals surface area contributed by atoms with E-state index in [1.165, 1.54) is 0 Å². The van der Waals surface area contributed by atoms with E-state index in [9.17, 15) is 9.59 Å². The maximum atomic E-state index is 13.2. The Morgan fingerprint density at radius 3 is 2.63 bits per heavy atom. The number of nitrogens with one attached hydrogen (secondary N) is 1. The van der Waals surface area contributed by atoms with Crippen LogP contribution in [0.25, 0.3) is 0 Å². The number of nitrogens with zero attached hydrogens (tertiary/aromatic N) is 1. The van der Waals surface area contributed by atoms with Crippen LogP contribution in [0.5, 0.6) is 0 Å². The molecule has 0 saturated carbocycles. The van der Waals surface area contributed by atoms with E-state index in [1.807, 2.05) is 66.4 Å². The maximum absolute atomic E-state index is 13.2. The quantitative estimate of drug-likeness (QED) is 0.809. The van der Waals surface area contributed by atoms with Gasteiger partial charge in [-0.05, 0) is 43.0 Å². The van der Waals surface area contributed by atoms with Gasteiger partial charge in [0.25, 0.3) is 5.91 Å². The molecule has 142 valence electrons. The van der Waals surface area contributed by atoms with Crippen molar-refractivity contribution in [2.24, 2.45) is 11.7 Å². The van der Waals surface area contributed by atoms with Crippen LogP contribution in [-0.2, 0) is 16.1 Å². The zero-order chi connectivity index (χ0) is 19.2. The molecule has 3 rings (SSSR count). The Balaban J connectivity index is 1.77. The summed E-state index contributed by atoms with van der Waals surface area (Å²) in [4.78, 5) is 27.7. The molecule has 0 aromatic heterocycles. The van der Waals surface area contributed by atoms with E-state index >= 15 is 0 Å². The fourth-order valence-electron chi connectivity index (χ4n) is 3.75. The number of nitrogens with two attached hydrogens (primary N) is 1. The fourth-order valence-corrected chi connectivity index (χ4v) is 3.75. The van der Waals surface area contributed by atoms with Crippen LogP contribution in [0, 0.1) is 12.8 Å². The van der Waals surface area contributed by atoms with Crippen LogP contribution in [0.2, 0.25) is 0 Å². The molecule has 1 aliphatic rings. The predicted octanol–water partition coefficient (Wildman–Crippen LogP) is 1.31. The molecule has 1 aliphatic heterocycles. The lowest BCUT2D eigenvalue weighted by Gasteiger charge is -2.30. The zero-order valence-electron chi connectivity index (χ0n) is 15.9. The van der Waals surface area contributed by atoms with Crippen molar-refractivity contribution in [2.75, 3.05) is 24.5 Å². The molecule has 2 amide bonds. The van der Waals surface area contributed by atoms with Gasteiger partial charge in [0.15, 0.2) is 6.54 Å². The summed E-state index contributed by atoms with van der Waals surface area (Å²) in [6.07, 6.45) is 1.76. The summed E-state index contributed by atoms with van der Waals surface area (Å²) < 4.78 is 0. The van der Waals surface area contributed by atoms with Gasteiger partial charge >= 0.3 is 0 Å². The first-order valence-electron chi connectivity index (χ1n) is 9.57. The third-order valence-electron chi connectivity index (χ3n) is 5.22. The van der Waals surface area contributed by atoms with Gasteiger partial charge in [0.2, 0.25) is 5.91 Å². The molecule has 2 aromatic rings. The fraction of sp³-hybridized carbons (Fsp3) is 0.364. The zero-order valence-corrected chi connectivity index (χ0v) is 15.9. The van der Waals surface area contributed by atoms with E-state index in [0.717, 1.165) is 41.1 Å². The van der Waals surface area contributed by atoms with Crippen LogP contribution < -0.4 is 15.5 Å². The number of anilines is 1. The third kappa shape index (κ3) is 5.17. The highest BCUT2D eigenvalue weighted by Gasteiger charge is 2.30. The lowest BCUT2D eigenvalue weighted by atomic mass is 9.97. The highest BCUT2D eigenvalue weighted by molar-refractivity contribution is 5.94. The summed E-state index contributed by atoms with van der Waals surface area (Å²) in [6, 6.07) is 18.0. The second-order valence-electron chi connectivity index (χ2n) is 7.43. The molecule has 5 nitrogen and oxygen atoms in total. The van der Waals surface area contributed by atoms with Gasteiger partial charge in [-0.25, -0.2) is 0 Å². The van der Waals surface area contributed by atoms with Crippen LogP contribution in [0.15, 0.2) is 54.6 Å². The van der Waals surface area contributed by atoms with Crippen molar-refractivity contribution in [1.29, 1.82) is 0 Å². The first-order valence-corrected chi connectivity index (χ1v) is 9.57. The van der Waals surface area contributed by atoms with E-state index in [0.29, 0.717) is 19.6 Å². The molecule has 3 N–H and O–H groups in total. The lowest BCUT2D eigenvalue weighted by Crippen LogP contribution is -3.15. The molecule has 2 atom stereocenters. The number of likely N-dealkylation sites (tertiary alicyclic amines) is 1. The highest BCUT2D eigenvalue weighted by atomic mass is 16.2. The summed E-state index contributed by atoms with van der Waals surface area (Å²) in [7, 11) is 0. The van der Waals surface area contributed by atoms with Crippen LogP contribution >= 0.6 is 0 Å². The average molecular weight is 366 g/mol. The minimum Gasteiger partial charge on any atom is -0.369 e. The maximum Gasteiger partial charge on any atom is 0.282 e. The Morgan fingerprint density at radius 2 is 1.93 bits per heavy atom. The highest BCUT2D eigenvalue weighted by Crippen LogP contribution is 2.19. The Labute approximate surface area is 160 Å². The van der Waals surface area contributed by atoms with Crippen LogP contribution in [-0.4, -0.2) is 31.4 Å². The van der Waals surface area contributed by atoms with Gasteiger partial charge in [-0.1, -0.05) is 42.5 Å². The number of carbonyl (C=O) groups excluding carboxylic acids is 2. The summed E-state index contributed by atoms with van der Waals surface area (Å²) in [5.74, 6) is -0.299. The van der Waals surface area contributed by atoms with Gasteiger partial charge in [0.1, 0.15) is 0 Å². The van der Waals surface area contributed by atoms with Crippen molar-refractivity contribution in [3.05, 3.63) is 65.7 Å². The topological polar surface area (TPSA) is 67.8 Å².